The molecule has 30 heavy (non-hydrogen) atoms. The Kier molecular flexibility index (Phi) is 6.49. The summed E-state index contributed by atoms with van der Waals surface area (Å²) in [6.07, 6.45) is 3.47. The lowest BCUT2D eigenvalue weighted by molar-refractivity contribution is -0.145. The SMILES string of the molecule is CCOC(=O)c1ccc(NC(=O)CN2C(=O)C(=O)N([C@H]3CCCC[C@@H]3C)C2=O)cc1. The average molecular weight is 415 g/mol. The van der Waals surface area contributed by atoms with E-state index in [1.165, 1.54) is 24.3 Å². The van der Waals surface area contributed by atoms with E-state index in [0.717, 1.165) is 24.2 Å². The molecule has 1 aliphatic carbocycles. The summed E-state index contributed by atoms with van der Waals surface area (Å²) in [7, 11) is 0. The highest BCUT2D eigenvalue weighted by Gasteiger charge is 2.49. The van der Waals surface area contributed by atoms with Gasteiger partial charge in [-0.25, -0.2) is 14.5 Å². The minimum absolute atomic E-state index is 0.117. The molecule has 1 aromatic rings. The van der Waals surface area contributed by atoms with Crippen molar-refractivity contribution in [2.75, 3.05) is 18.5 Å². The smallest absolute Gasteiger partial charge is 0.338 e. The van der Waals surface area contributed by atoms with E-state index in [-0.39, 0.29) is 18.6 Å². The number of hydrogen-bond donors (Lipinski definition) is 1. The van der Waals surface area contributed by atoms with Crippen molar-refractivity contribution >= 4 is 35.4 Å². The molecule has 2 atom stereocenters. The Morgan fingerprint density at radius 2 is 1.73 bits per heavy atom. The molecule has 0 radical (unpaired) electrons. The van der Waals surface area contributed by atoms with Gasteiger partial charge in [0.15, 0.2) is 0 Å². The molecule has 1 aromatic carbocycles. The number of imide groups is 2. The standard InChI is InChI=1S/C21H25N3O6/c1-3-30-20(28)14-8-10-15(11-9-14)22-17(25)12-23-18(26)19(27)24(21(23)29)16-7-5-4-6-13(16)2/h8-11,13,16H,3-7,12H2,1-2H3,(H,22,25)/t13-,16-/m0/s1. The maximum Gasteiger partial charge on any atom is 0.338 e. The van der Waals surface area contributed by atoms with Crippen LogP contribution in [0.4, 0.5) is 10.5 Å². The third-order valence-corrected chi connectivity index (χ3v) is 5.46. The first-order valence-corrected chi connectivity index (χ1v) is 10.1. The number of amides is 5. The first kappa shape index (κ1) is 21.5. The highest BCUT2D eigenvalue weighted by Crippen LogP contribution is 2.31. The van der Waals surface area contributed by atoms with E-state index in [1.54, 1.807) is 6.92 Å². The van der Waals surface area contributed by atoms with Crippen molar-refractivity contribution in [2.45, 2.75) is 45.6 Å². The summed E-state index contributed by atoms with van der Waals surface area (Å²) in [4.78, 5) is 63.2. The Morgan fingerprint density at radius 1 is 1.07 bits per heavy atom. The molecule has 0 spiro atoms. The first-order chi connectivity index (χ1) is 14.3. The third kappa shape index (κ3) is 4.34. The van der Waals surface area contributed by atoms with Crippen LogP contribution in [-0.4, -0.2) is 58.7 Å². The van der Waals surface area contributed by atoms with Crippen LogP contribution in [0.3, 0.4) is 0 Å². The van der Waals surface area contributed by atoms with Crippen molar-refractivity contribution in [2.24, 2.45) is 5.92 Å². The molecule has 1 N–H and O–H groups in total. The van der Waals surface area contributed by atoms with E-state index in [1.807, 2.05) is 6.92 Å². The van der Waals surface area contributed by atoms with Crippen LogP contribution in [0.2, 0.25) is 0 Å². The molecule has 2 aliphatic rings. The summed E-state index contributed by atoms with van der Waals surface area (Å²) in [5, 5.41) is 2.56. The second kappa shape index (κ2) is 9.06. The topological polar surface area (TPSA) is 113 Å². The zero-order valence-electron chi connectivity index (χ0n) is 17.1. The Hall–Kier alpha value is -3.23. The summed E-state index contributed by atoms with van der Waals surface area (Å²) in [5.41, 5.74) is 0.721. The van der Waals surface area contributed by atoms with Gasteiger partial charge in [0.1, 0.15) is 6.54 Å². The Labute approximate surface area is 174 Å². The summed E-state index contributed by atoms with van der Waals surface area (Å²) in [6.45, 7) is 3.36. The van der Waals surface area contributed by atoms with Gasteiger partial charge in [0.2, 0.25) is 5.91 Å². The van der Waals surface area contributed by atoms with Gasteiger partial charge in [-0.3, -0.25) is 19.3 Å². The average Bonchev–Trinajstić information content (AvgIpc) is 2.92. The third-order valence-electron chi connectivity index (χ3n) is 5.46. The van der Waals surface area contributed by atoms with Crippen molar-refractivity contribution in [3.05, 3.63) is 29.8 Å². The van der Waals surface area contributed by atoms with Gasteiger partial charge in [-0.2, -0.15) is 0 Å². The normalized spacial score (nSPS) is 21.7. The highest BCUT2D eigenvalue weighted by atomic mass is 16.5. The lowest BCUT2D eigenvalue weighted by Crippen LogP contribution is -2.46. The molecule has 1 heterocycles. The molecule has 0 bridgehead atoms. The molecular weight excluding hydrogens is 390 g/mol. The van der Waals surface area contributed by atoms with E-state index in [0.29, 0.717) is 22.6 Å². The van der Waals surface area contributed by atoms with Gasteiger partial charge in [-0.1, -0.05) is 19.8 Å². The lowest BCUT2D eigenvalue weighted by atomic mass is 9.85. The summed E-state index contributed by atoms with van der Waals surface area (Å²) in [5.74, 6) is -2.83. The summed E-state index contributed by atoms with van der Waals surface area (Å²) in [6, 6.07) is 4.96. The van der Waals surface area contributed by atoms with Crippen molar-refractivity contribution in [3.63, 3.8) is 0 Å². The van der Waals surface area contributed by atoms with Gasteiger partial charge >= 0.3 is 23.8 Å². The number of hydrogen-bond acceptors (Lipinski definition) is 6. The molecule has 5 amide bonds. The second-order valence-electron chi connectivity index (χ2n) is 7.52. The molecule has 160 valence electrons. The predicted octanol–water partition coefficient (Wildman–Crippen LogP) is 2.17. The van der Waals surface area contributed by atoms with Crippen molar-refractivity contribution in [1.29, 1.82) is 0 Å². The van der Waals surface area contributed by atoms with Crippen LogP contribution >= 0.6 is 0 Å². The highest BCUT2D eigenvalue weighted by molar-refractivity contribution is 6.45. The van der Waals surface area contributed by atoms with Gasteiger partial charge in [0.05, 0.1) is 12.2 Å². The largest absolute Gasteiger partial charge is 0.462 e. The molecule has 9 heteroatoms. The van der Waals surface area contributed by atoms with Crippen LogP contribution in [-0.2, 0) is 19.1 Å². The van der Waals surface area contributed by atoms with Crippen molar-refractivity contribution < 1.29 is 28.7 Å². The number of urea groups is 1. The number of nitrogens with zero attached hydrogens (tertiary/aromatic N) is 2. The van der Waals surface area contributed by atoms with E-state index in [2.05, 4.69) is 5.32 Å². The number of ether oxygens (including phenoxy) is 1. The minimum Gasteiger partial charge on any atom is -0.462 e. The van der Waals surface area contributed by atoms with Crippen molar-refractivity contribution in [1.82, 2.24) is 9.80 Å². The number of esters is 1. The minimum atomic E-state index is -0.981. The van der Waals surface area contributed by atoms with E-state index < -0.39 is 36.3 Å². The fourth-order valence-electron chi connectivity index (χ4n) is 3.88. The number of carbonyl (C=O) groups is 5. The van der Waals surface area contributed by atoms with Crippen molar-refractivity contribution in [3.8, 4) is 0 Å². The molecule has 1 aliphatic heterocycles. The molecule has 2 fully saturated rings. The Bertz CT molecular complexity index is 866. The number of nitrogens with one attached hydrogen (secondary N) is 1. The molecule has 1 saturated heterocycles. The molecule has 0 unspecified atom stereocenters. The van der Waals surface area contributed by atoms with E-state index in [4.69, 9.17) is 4.74 Å². The van der Waals surface area contributed by atoms with Crippen LogP contribution in [0.25, 0.3) is 0 Å². The monoisotopic (exact) mass is 415 g/mol. The number of benzene rings is 1. The van der Waals surface area contributed by atoms with Gasteiger partial charge in [0.25, 0.3) is 0 Å². The fraction of sp³-hybridized carbons (Fsp3) is 0.476. The summed E-state index contributed by atoms with van der Waals surface area (Å²) < 4.78 is 4.89. The molecule has 1 saturated carbocycles. The van der Waals surface area contributed by atoms with Gasteiger partial charge in [-0.05, 0) is 49.9 Å². The lowest BCUT2D eigenvalue weighted by Gasteiger charge is -2.34. The molecular formula is C21H25N3O6. The van der Waals surface area contributed by atoms with Gasteiger partial charge in [-0.15, -0.1) is 0 Å². The van der Waals surface area contributed by atoms with Crippen LogP contribution in [0, 0.1) is 5.92 Å². The Balaban J connectivity index is 1.63. The molecule has 0 aromatic heterocycles. The zero-order chi connectivity index (χ0) is 21.8. The van der Waals surface area contributed by atoms with E-state index >= 15 is 0 Å². The number of rotatable bonds is 6. The Morgan fingerprint density at radius 3 is 2.37 bits per heavy atom. The van der Waals surface area contributed by atoms with Crippen LogP contribution in [0.5, 0.6) is 0 Å². The van der Waals surface area contributed by atoms with Gasteiger partial charge < -0.3 is 10.1 Å². The number of anilines is 1. The fourth-order valence-corrected chi connectivity index (χ4v) is 3.88. The molecule has 3 rings (SSSR count). The predicted molar refractivity (Wildman–Crippen MR) is 106 cm³/mol. The van der Waals surface area contributed by atoms with Crippen LogP contribution < -0.4 is 5.32 Å². The maximum atomic E-state index is 12.7. The van der Waals surface area contributed by atoms with Gasteiger partial charge in [0, 0.05) is 11.7 Å². The maximum absolute atomic E-state index is 12.7. The zero-order valence-corrected chi connectivity index (χ0v) is 17.1. The second-order valence-corrected chi connectivity index (χ2v) is 7.52. The van der Waals surface area contributed by atoms with Crippen LogP contribution in [0.15, 0.2) is 24.3 Å². The van der Waals surface area contributed by atoms with Crippen LogP contribution in [0.1, 0.15) is 49.9 Å². The summed E-state index contributed by atoms with van der Waals surface area (Å²) >= 11 is 0. The van der Waals surface area contributed by atoms with E-state index in [9.17, 15) is 24.0 Å². The first-order valence-electron chi connectivity index (χ1n) is 10.1. The number of carbonyl (C=O) groups excluding carboxylic acids is 5. The quantitative estimate of drug-likeness (QED) is 0.433. The molecule has 9 nitrogen and oxygen atoms in total.